The number of hydrogen-bond donors (Lipinski definition) is 0. The van der Waals surface area contributed by atoms with Crippen LogP contribution >= 0.6 is 0 Å². The molecule has 0 spiro atoms. The molecule has 3 heterocycles. The molecule has 1 aliphatic heterocycles. The monoisotopic (exact) mass is 421 g/mol. The lowest BCUT2D eigenvalue weighted by atomic mass is 9.98. The first-order valence-corrected chi connectivity index (χ1v) is 10.6. The van der Waals surface area contributed by atoms with Gasteiger partial charge in [-0.25, -0.2) is 4.98 Å². The number of likely N-dealkylation sites (tertiary alicyclic amines) is 1. The number of aromatic nitrogens is 4. The van der Waals surface area contributed by atoms with E-state index in [4.69, 9.17) is 9.47 Å². The number of carbonyl (C=O) groups is 1. The fourth-order valence-electron chi connectivity index (χ4n) is 3.83. The number of para-hydroxylation sites is 1. The van der Waals surface area contributed by atoms with Gasteiger partial charge in [0.1, 0.15) is 18.1 Å². The Morgan fingerprint density at radius 2 is 2.03 bits per heavy atom. The maximum atomic E-state index is 13.0. The number of ether oxygens (including phenoxy) is 2. The molecule has 162 valence electrons. The highest BCUT2D eigenvalue weighted by Crippen LogP contribution is 2.23. The average molecular weight is 422 g/mol. The van der Waals surface area contributed by atoms with Gasteiger partial charge in [-0.2, -0.15) is 0 Å². The molecular weight excluding hydrogens is 394 g/mol. The van der Waals surface area contributed by atoms with Crippen molar-refractivity contribution in [3.05, 3.63) is 66.1 Å². The summed E-state index contributed by atoms with van der Waals surface area (Å²) in [6.07, 6.45) is 7.47. The second-order valence-electron chi connectivity index (χ2n) is 7.60. The number of methoxy groups -OCH3 is 1. The normalized spacial score (nSPS) is 16.2. The van der Waals surface area contributed by atoms with Crippen molar-refractivity contribution in [2.45, 2.75) is 44.9 Å². The van der Waals surface area contributed by atoms with E-state index in [2.05, 4.69) is 15.3 Å². The minimum atomic E-state index is 0.0235. The quantitative estimate of drug-likeness (QED) is 0.555. The van der Waals surface area contributed by atoms with Gasteiger partial charge in [-0.15, -0.1) is 5.10 Å². The molecule has 1 fully saturated rings. The van der Waals surface area contributed by atoms with Crippen molar-refractivity contribution in [2.24, 2.45) is 0 Å². The van der Waals surface area contributed by atoms with E-state index < -0.39 is 0 Å². The summed E-state index contributed by atoms with van der Waals surface area (Å²) in [6, 6.07) is 13.3. The molecule has 1 amide bonds. The summed E-state index contributed by atoms with van der Waals surface area (Å²) in [7, 11) is 1.56. The number of nitrogens with zero attached hydrogens (tertiary/aromatic N) is 5. The number of pyridine rings is 1. The molecule has 1 atom stereocenters. The maximum Gasteiger partial charge on any atom is 0.255 e. The number of hydrogen-bond acceptors (Lipinski definition) is 6. The lowest BCUT2D eigenvalue weighted by Gasteiger charge is -2.36. The summed E-state index contributed by atoms with van der Waals surface area (Å²) in [5.41, 5.74) is 1.37. The number of aryl methyl sites for hydroxylation is 1. The highest BCUT2D eigenvalue weighted by atomic mass is 16.5. The first-order valence-electron chi connectivity index (χ1n) is 10.6. The largest absolute Gasteiger partial charge is 0.487 e. The molecule has 8 heteroatoms. The van der Waals surface area contributed by atoms with Crippen LogP contribution in [0.5, 0.6) is 11.6 Å². The molecule has 8 nitrogen and oxygen atoms in total. The van der Waals surface area contributed by atoms with Crippen LogP contribution in [0.1, 0.15) is 41.7 Å². The summed E-state index contributed by atoms with van der Waals surface area (Å²) < 4.78 is 12.6. The van der Waals surface area contributed by atoms with Crippen LogP contribution in [-0.2, 0) is 13.2 Å². The fourth-order valence-corrected chi connectivity index (χ4v) is 3.83. The maximum absolute atomic E-state index is 13.0. The van der Waals surface area contributed by atoms with Gasteiger partial charge >= 0.3 is 0 Å². The van der Waals surface area contributed by atoms with E-state index >= 15 is 0 Å². The molecule has 0 saturated carbocycles. The minimum absolute atomic E-state index is 0.0235. The average Bonchev–Trinajstić information content (AvgIpc) is 3.30. The Balaban J connectivity index is 1.33. The van der Waals surface area contributed by atoms with Crippen molar-refractivity contribution in [1.82, 2.24) is 24.9 Å². The predicted molar refractivity (Wildman–Crippen MR) is 115 cm³/mol. The first kappa shape index (κ1) is 20.8. The van der Waals surface area contributed by atoms with E-state index in [0.717, 1.165) is 43.7 Å². The van der Waals surface area contributed by atoms with Gasteiger partial charge in [-0.1, -0.05) is 23.4 Å². The van der Waals surface area contributed by atoms with Crippen LogP contribution in [0.2, 0.25) is 0 Å². The van der Waals surface area contributed by atoms with Crippen molar-refractivity contribution >= 4 is 5.91 Å². The van der Waals surface area contributed by atoms with Crippen molar-refractivity contribution in [2.75, 3.05) is 13.7 Å². The Hall–Kier alpha value is -3.42. The fraction of sp³-hybridized carbons (Fsp3) is 0.391. The first-order chi connectivity index (χ1) is 15.2. The van der Waals surface area contributed by atoms with E-state index in [1.54, 1.807) is 25.4 Å². The Bertz CT molecular complexity index is 974. The molecule has 2 aromatic heterocycles. The van der Waals surface area contributed by atoms with Crippen LogP contribution in [0.25, 0.3) is 0 Å². The van der Waals surface area contributed by atoms with Crippen molar-refractivity contribution < 1.29 is 14.3 Å². The second kappa shape index (κ2) is 10.1. The molecule has 1 saturated heterocycles. The van der Waals surface area contributed by atoms with Crippen LogP contribution in [0.3, 0.4) is 0 Å². The number of benzene rings is 1. The Labute approximate surface area is 181 Å². The van der Waals surface area contributed by atoms with E-state index in [-0.39, 0.29) is 11.9 Å². The number of carbonyl (C=O) groups excluding carboxylic acids is 1. The Kier molecular flexibility index (Phi) is 6.76. The highest BCUT2D eigenvalue weighted by molar-refractivity contribution is 5.94. The van der Waals surface area contributed by atoms with Crippen molar-refractivity contribution in [1.29, 1.82) is 0 Å². The third kappa shape index (κ3) is 5.39. The summed E-state index contributed by atoms with van der Waals surface area (Å²) >= 11 is 0. The molecule has 0 radical (unpaired) electrons. The minimum Gasteiger partial charge on any atom is -0.487 e. The lowest BCUT2D eigenvalue weighted by Crippen LogP contribution is -2.44. The zero-order chi connectivity index (χ0) is 21.5. The van der Waals surface area contributed by atoms with Gasteiger partial charge < -0.3 is 14.4 Å². The van der Waals surface area contributed by atoms with Crippen LogP contribution in [-0.4, -0.2) is 50.5 Å². The summed E-state index contributed by atoms with van der Waals surface area (Å²) in [6.45, 7) is 1.85. The van der Waals surface area contributed by atoms with Crippen LogP contribution in [0.4, 0.5) is 0 Å². The van der Waals surface area contributed by atoms with Gasteiger partial charge in [0.25, 0.3) is 5.91 Å². The molecule has 1 aliphatic rings. The van der Waals surface area contributed by atoms with E-state index in [1.807, 2.05) is 46.1 Å². The molecule has 31 heavy (non-hydrogen) atoms. The van der Waals surface area contributed by atoms with Gasteiger partial charge in [0.15, 0.2) is 0 Å². The second-order valence-corrected chi connectivity index (χ2v) is 7.60. The summed E-state index contributed by atoms with van der Waals surface area (Å²) in [5, 5.41) is 8.42. The highest BCUT2D eigenvalue weighted by Gasteiger charge is 2.27. The zero-order valence-corrected chi connectivity index (χ0v) is 17.7. The van der Waals surface area contributed by atoms with Crippen LogP contribution < -0.4 is 9.47 Å². The smallest absolute Gasteiger partial charge is 0.255 e. The third-order valence-electron chi connectivity index (χ3n) is 5.49. The topological polar surface area (TPSA) is 82.4 Å². The van der Waals surface area contributed by atoms with Crippen LogP contribution in [0, 0.1) is 0 Å². The van der Waals surface area contributed by atoms with Gasteiger partial charge in [-0.05, 0) is 43.9 Å². The Morgan fingerprint density at radius 1 is 1.16 bits per heavy atom. The molecule has 0 N–H and O–H groups in total. The predicted octanol–water partition coefficient (Wildman–Crippen LogP) is 3.35. The summed E-state index contributed by atoms with van der Waals surface area (Å²) in [5.74, 6) is 1.33. The van der Waals surface area contributed by atoms with Crippen molar-refractivity contribution in [3.63, 3.8) is 0 Å². The molecule has 1 unspecified atom stereocenters. The van der Waals surface area contributed by atoms with Gasteiger partial charge in [0, 0.05) is 31.4 Å². The van der Waals surface area contributed by atoms with Gasteiger partial charge in [0.2, 0.25) is 5.88 Å². The summed E-state index contributed by atoms with van der Waals surface area (Å²) in [4.78, 5) is 19.2. The number of rotatable bonds is 8. The third-order valence-corrected chi connectivity index (χ3v) is 5.49. The SMILES string of the molecule is COc1ccc(C(=O)N2CCCCC2CCn2cc(COc3ccccc3)nn2)cn1. The van der Waals surface area contributed by atoms with Crippen molar-refractivity contribution in [3.8, 4) is 11.6 Å². The number of piperidine rings is 1. The standard InChI is InChI=1S/C23H27N5O3/c1-30-22-11-10-18(15-24-22)23(29)28-13-6-5-7-20(28)12-14-27-16-19(25-26-27)17-31-21-8-3-2-4-9-21/h2-4,8-11,15-16,20H,5-7,12-14,17H2,1H3. The zero-order valence-electron chi connectivity index (χ0n) is 17.7. The molecule has 4 rings (SSSR count). The molecular formula is C23H27N5O3. The number of amides is 1. The van der Waals surface area contributed by atoms with Crippen LogP contribution in [0.15, 0.2) is 54.9 Å². The van der Waals surface area contributed by atoms with Gasteiger partial charge in [-0.3, -0.25) is 9.48 Å². The molecule has 0 aliphatic carbocycles. The lowest BCUT2D eigenvalue weighted by molar-refractivity contribution is 0.0593. The van der Waals surface area contributed by atoms with E-state index in [0.29, 0.717) is 24.6 Å². The van der Waals surface area contributed by atoms with E-state index in [9.17, 15) is 4.79 Å². The van der Waals surface area contributed by atoms with E-state index in [1.165, 1.54) is 0 Å². The molecule has 1 aromatic carbocycles. The molecule has 3 aromatic rings. The molecule has 0 bridgehead atoms. The Morgan fingerprint density at radius 3 is 2.81 bits per heavy atom. The van der Waals surface area contributed by atoms with Gasteiger partial charge in [0.05, 0.1) is 18.9 Å².